The van der Waals surface area contributed by atoms with Gasteiger partial charge in [-0.15, -0.1) is 0 Å². The number of hydrogen-bond donors (Lipinski definition) is 1. The lowest BCUT2D eigenvalue weighted by atomic mass is 9.57. The van der Waals surface area contributed by atoms with E-state index >= 15 is 0 Å². The van der Waals surface area contributed by atoms with Crippen LogP contribution in [0.15, 0.2) is 36.8 Å². The van der Waals surface area contributed by atoms with Gasteiger partial charge >= 0.3 is 0 Å². The molecule has 3 nitrogen and oxygen atoms in total. The van der Waals surface area contributed by atoms with Crippen LogP contribution >= 0.6 is 0 Å². The van der Waals surface area contributed by atoms with Gasteiger partial charge in [0, 0.05) is 11.5 Å². The minimum atomic E-state index is -0.207. The molecule has 0 amide bonds. The Labute approximate surface area is 112 Å². The summed E-state index contributed by atoms with van der Waals surface area (Å²) in [6.45, 7) is 4.50. The average Bonchev–Trinajstić information content (AvgIpc) is 2.92. The largest absolute Gasteiger partial charge is 0.393 e. The molecule has 1 aromatic carbocycles. The predicted molar refractivity (Wildman–Crippen MR) is 73.7 cm³/mol. The Balaban J connectivity index is 1.90. The summed E-state index contributed by atoms with van der Waals surface area (Å²) in [5, 5.41) is 10.3. The first kappa shape index (κ1) is 11.2. The van der Waals surface area contributed by atoms with Crippen molar-refractivity contribution in [2.75, 3.05) is 0 Å². The summed E-state index contributed by atoms with van der Waals surface area (Å²) in [5.41, 5.74) is 3.95. The number of imidazole rings is 1. The first-order valence-electron chi connectivity index (χ1n) is 6.89. The molecule has 0 radical (unpaired) electrons. The van der Waals surface area contributed by atoms with Crippen LogP contribution < -0.4 is 0 Å². The molecule has 1 N–H and O–H groups in total. The molecule has 2 aliphatic rings. The maximum absolute atomic E-state index is 10.3. The van der Waals surface area contributed by atoms with E-state index < -0.39 is 0 Å². The standard InChI is InChI=1S/C16H18N2O/c1-16(2)7-13(19)14(16)15-11-6-4-3-5-10(11)12-8-17-9-18(12)15/h3-6,8-9,13-15,19H,7H2,1-2H3/t13-,14-,15+/m0/s1. The monoisotopic (exact) mass is 254 g/mol. The quantitative estimate of drug-likeness (QED) is 0.849. The molecule has 1 aliphatic heterocycles. The normalized spacial score (nSPS) is 30.6. The van der Waals surface area contributed by atoms with Crippen LogP contribution in [-0.4, -0.2) is 20.8 Å². The zero-order chi connectivity index (χ0) is 13.2. The average molecular weight is 254 g/mol. The fourth-order valence-corrected chi connectivity index (χ4v) is 4.04. The molecule has 0 saturated heterocycles. The topological polar surface area (TPSA) is 38.1 Å². The van der Waals surface area contributed by atoms with Gasteiger partial charge in [0.1, 0.15) is 0 Å². The zero-order valence-electron chi connectivity index (χ0n) is 11.2. The van der Waals surface area contributed by atoms with Crippen molar-refractivity contribution >= 4 is 0 Å². The van der Waals surface area contributed by atoms with Crippen molar-refractivity contribution in [3.8, 4) is 11.3 Å². The molecular weight excluding hydrogens is 236 g/mol. The summed E-state index contributed by atoms with van der Waals surface area (Å²) in [7, 11) is 0. The van der Waals surface area contributed by atoms with Crippen LogP contribution in [0.5, 0.6) is 0 Å². The van der Waals surface area contributed by atoms with Crippen LogP contribution in [0.1, 0.15) is 31.9 Å². The molecule has 0 bridgehead atoms. The van der Waals surface area contributed by atoms with Gasteiger partial charge in [-0.1, -0.05) is 38.1 Å². The highest BCUT2D eigenvalue weighted by atomic mass is 16.3. The second kappa shape index (κ2) is 3.48. The van der Waals surface area contributed by atoms with Crippen molar-refractivity contribution in [1.82, 2.24) is 9.55 Å². The molecule has 3 heteroatoms. The summed E-state index contributed by atoms with van der Waals surface area (Å²) < 4.78 is 2.24. The van der Waals surface area contributed by atoms with Gasteiger partial charge in [-0.3, -0.25) is 0 Å². The van der Waals surface area contributed by atoms with Crippen LogP contribution in [0.2, 0.25) is 0 Å². The second-order valence-corrected chi connectivity index (χ2v) is 6.50. The van der Waals surface area contributed by atoms with Crippen molar-refractivity contribution in [3.63, 3.8) is 0 Å². The van der Waals surface area contributed by atoms with Crippen molar-refractivity contribution in [2.45, 2.75) is 32.4 Å². The highest BCUT2D eigenvalue weighted by molar-refractivity contribution is 5.69. The number of aliphatic hydroxyl groups excluding tert-OH is 1. The number of aromatic nitrogens is 2. The third-order valence-corrected chi connectivity index (χ3v) is 4.91. The third-order valence-electron chi connectivity index (χ3n) is 4.91. The maximum atomic E-state index is 10.3. The van der Waals surface area contributed by atoms with Gasteiger partial charge in [-0.25, -0.2) is 4.98 Å². The van der Waals surface area contributed by atoms with Crippen LogP contribution in [0, 0.1) is 11.3 Å². The van der Waals surface area contributed by atoms with Crippen LogP contribution in [-0.2, 0) is 0 Å². The van der Waals surface area contributed by atoms with Crippen molar-refractivity contribution < 1.29 is 5.11 Å². The van der Waals surface area contributed by atoms with Crippen LogP contribution in [0.4, 0.5) is 0 Å². The lowest BCUT2D eigenvalue weighted by Crippen LogP contribution is -2.51. The summed E-state index contributed by atoms with van der Waals surface area (Å²) in [5.74, 6) is 0.268. The van der Waals surface area contributed by atoms with Crippen LogP contribution in [0.3, 0.4) is 0 Å². The van der Waals surface area contributed by atoms with Gasteiger partial charge < -0.3 is 9.67 Å². The Hall–Kier alpha value is -1.61. The fraction of sp³-hybridized carbons (Fsp3) is 0.438. The smallest absolute Gasteiger partial charge is 0.0956 e. The molecule has 4 rings (SSSR count). The number of fused-ring (bicyclic) bond motifs is 3. The van der Waals surface area contributed by atoms with Crippen molar-refractivity contribution in [1.29, 1.82) is 0 Å². The highest BCUT2D eigenvalue weighted by Gasteiger charge is 2.53. The van der Waals surface area contributed by atoms with Gasteiger partial charge in [0.15, 0.2) is 0 Å². The van der Waals surface area contributed by atoms with Gasteiger partial charge in [-0.2, -0.15) is 0 Å². The molecule has 1 saturated carbocycles. The molecule has 2 aromatic rings. The summed E-state index contributed by atoms with van der Waals surface area (Å²) in [4.78, 5) is 4.29. The minimum absolute atomic E-state index is 0.184. The van der Waals surface area contributed by atoms with Crippen LogP contribution in [0.25, 0.3) is 11.3 Å². The lowest BCUT2D eigenvalue weighted by molar-refractivity contribution is -0.103. The number of aliphatic hydroxyl groups is 1. The predicted octanol–water partition coefficient (Wildman–Crippen LogP) is 2.86. The Bertz CT molecular complexity index is 644. The van der Waals surface area contributed by atoms with E-state index in [2.05, 4.69) is 47.7 Å². The van der Waals surface area contributed by atoms with Crippen molar-refractivity contribution in [2.24, 2.45) is 11.3 Å². The molecule has 1 aliphatic carbocycles. The van der Waals surface area contributed by atoms with Crippen molar-refractivity contribution in [3.05, 3.63) is 42.4 Å². The first-order valence-corrected chi connectivity index (χ1v) is 6.89. The Morgan fingerprint density at radius 2 is 2.11 bits per heavy atom. The number of rotatable bonds is 1. The summed E-state index contributed by atoms with van der Waals surface area (Å²) in [6, 6.07) is 8.73. The second-order valence-electron chi connectivity index (χ2n) is 6.50. The van der Waals surface area contributed by atoms with Gasteiger partial charge in [0.2, 0.25) is 0 Å². The van der Waals surface area contributed by atoms with Gasteiger partial charge in [0.25, 0.3) is 0 Å². The van der Waals surface area contributed by atoms with E-state index in [0.717, 1.165) is 6.42 Å². The maximum Gasteiger partial charge on any atom is 0.0956 e. The molecule has 3 atom stereocenters. The molecule has 1 aromatic heterocycles. The minimum Gasteiger partial charge on any atom is -0.393 e. The molecular formula is C16H18N2O. The lowest BCUT2D eigenvalue weighted by Gasteiger charge is -2.52. The molecule has 0 spiro atoms. The van der Waals surface area contributed by atoms with E-state index in [1.807, 2.05) is 12.5 Å². The van der Waals surface area contributed by atoms with E-state index in [0.29, 0.717) is 0 Å². The number of benzene rings is 1. The number of hydrogen-bond acceptors (Lipinski definition) is 2. The molecule has 1 fully saturated rings. The molecule has 0 unspecified atom stereocenters. The Morgan fingerprint density at radius 3 is 2.84 bits per heavy atom. The molecule has 19 heavy (non-hydrogen) atoms. The molecule has 98 valence electrons. The summed E-state index contributed by atoms with van der Waals surface area (Å²) >= 11 is 0. The third kappa shape index (κ3) is 1.34. The Kier molecular flexibility index (Phi) is 2.06. The van der Waals surface area contributed by atoms with E-state index in [9.17, 15) is 5.11 Å². The summed E-state index contributed by atoms with van der Waals surface area (Å²) in [6.07, 6.45) is 4.51. The fourth-order valence-electron chi connectivity index (χ4n) is 4.04. The van der Waals surface area contributed by atoms with Gasteiger partial charge in [0.05, 0.1) is 30.4 Å². The zero-order valence-corrected chi connectivity index (χ0v) is 11.2. The van der Waals surface area contributed by atoms with E-state index in [1.165, 1.54) is 16.8 Å². The highest BCUT2D eigenvalue weighted by Crippen LogP contribution is 2.56. The molecule has 2 heterocycles. The van der Waals surface area contributed by atoms with E-state index in [4.69, 9.17) is 0 Å². The van der Waals surface area contributed by atoms with E-state index in [1.54, 1.807) is 0 Å². The Morgan fingerprint density at radius 1 is 1.32 bits per heavy atom. The number of nitrogens with zero attached hydrogens (tertiary/aromatic N) is 2. The SMILES string of the molecule is CC1(C)C[C@H](O)[C@H]1[C@H]1c2ccccc2-c2cncn21. The van der Waals surface area contributed by atoms with E-state index in [-0.39, 0.29) is 23.5 Å². The first-order chi connectivity index (χ1) is 9.09. The van der Waals surface area contributed by atoms with Gasteiger partial charge in [-0.05, 0) is 17.4 Å².